The fourth-order valence-electron chi connectivity index (χ4n) is 3.32. The lowest BCUT2D eigenvalue weighted by Crippen LogP contribution is -2.44. The molecular formula is C16H25N5O. The second-order valence-corrected chi connectivity index (χ2v) is 6.07. The number of nitrogens with zero attached hydrogens (tertiary/aromatic N) is 4. The minimum Gasteiger partial charge on any atom is -0.356 e. The van der Waals surface area contributed by atoms with Crippen LogP contribution in [-0.4, -0.2) is 47.1 Å². The summed E-state index contributed by atoms with van der Waals surface area (Å²) in [4.78, 5) is 25.7. The van der Waals surface area contributed by atoms with Gasteiger partial charge in [0.1, 0.15) is 11.6 Å². The summed E-state index contributed by atoms with van der Waals surface area (Å²) in [6, 6.07) is 0.0123. The fraction of sp³-hybridized carbons (Fsp3) is 0.688. The number of fused-ring (bicyclic) bond motifs is 1. The van der Waals surface area contributed by atoms with Crippen LogP contribution in [0.25, 0.3) is 0 Å². The van der Waals surface area contributed by atoms with Gasteiger partial charge in [-0.1, -0.05) is 0 Å². The maximum atomic E-state index is 12.1. The number of aromatic nitrogens is 2. The van der Waals surface area contributed by atoms with Gasteiger partial charge >= 0.3 is 6.03 Å². The quantitative estimate of drug-likeness (QED) is 0.906. The molecule has 0 saturated carbocycles. The maximum Gasteiger partial charge on any atom is 0.317 e. The number of nitrogens with one attached hydrogen (secondary N) is 1. The van der Waals surface area contributed by atoms with Crippen LogP contribution in [0.5, 0.6) is 0 Å². The second kappa shape index (κ2) is 6.50. The van der Waals surface area contributed by atoms with Gasteiger partial charge in [0.15, 0.2) is 0 Å². The summed E-state index contributed by atoms with van der Waals surface area (Å²) in [5.41, 5.74) is 2.26. The fourth-order valence-corrected chi connectivity index (χ4v) is 3.32. The summed E-state index contributed by atoms with van der Waals surface area (Å²) in [6.45, 7) is 8.03. The lowest BCUT2D eigenvalue weighted by molar-refractivity contribution is 0.192. The highest BCUT2D eigenvalue weighted by molar-refractivity contribution is 5.74. The van der Waals surface area contributed by atoms with Crippen molar-refractivity contribution in [3.8, 4) is 0 Å². The number of piperidine rings is 1. The van der Waals surface area contributed by atoms with E-state index in [0.717, 1.165) is 49.0 Å². The lowest BCUT2D eigenvalue weighted by atomic mass is 10.0. The zero-order chi connectivity index (χ0) is 15.5. The molecular weight excluding hydrogens is 278 g/mol. The molecule has 1 saturated heterocycles. The van der Waals surface area contributed by atoms with Crippen molar-refractivity contribution in [2.75, 3.05) is 31.1 Å². The minimum atomic E-state index is 0.0123. The van der Waals surface area contributed by atoms with E-state index in [1.807, 2.05) is 18.7 Å². The summed E-state index contributed by atoms with van der Waals surface area (Å²) >= 11 is 0. The van der Waals surface area contributed by atoms with E-state index >= 15 is 0 Å². The first-order valence-corrected chi connectivity index (χ1v) is 8.33. The van der Waals surface area contributed by atoms with Crippen molar-refractivity contribution in [2.24, 2.45) is 0 Å². The topological polar surface area (TPSA) is 61.4 Å². The highest BCUT2D eigenvalue weighted by Gasteiger charge is 2.27. The van der Waals surface area contributed by atoms with Crippen molar-refractivity contribution >= 4 is 11.8 Å². The Hall–Kier alpha value is -1.85. The molecule has 0 radical (unpaired) electrons. The van der Waals surface area contributed by atoms with Crippen LogP contribution in [0.1, 0.15) is 43.3 Å². The summed E-state index contributed by atoms with van der Waals surface area (Å²) in [5, 5.41) is 2.89. The maximum absolute atomic E-state index is 12.1. The van der Waals surface area contributed by atoms with E-state index in [9.17, 15) is 4.79 Å². The van der Waals surface area contributed by atoms with Crippen molar-refractivity contribution in [1.82, 2.24) is 20.2 Å². The van der Waals surface area contributed by atoms with Crippen LogP contribution in [0.4, 0.5) is 10.6 Å². The van der Waals surface area contributed by atoms with Crippen molar-refractivity contribution in [3.63, 3.8) is 0 Å². The average molecular weight is 303 g/mol. The van der Waals surface area contributed by atoms with E-state index in [4.69, 9.17) is 4.98 Å². The summed E-state index contributed by atoms with van der Waals surface area (Å²) in [5.74, 6) is 1.89. The molecule has 1 aromatic heterocycles. The lowest BCUT2D eigenvalue weighted by Gasteiger charge is -2.34. The number of aryl methyl sites for hydroxylation is 1. The highest BCUT2D eigenvalue weighted by Crippen LogP contribution is 2.28. The molecule has 3 heterocycles. The molecule has 0 spiro atoms. The van der Waals surface area contributed by atoms with Crippen LogP contribution in [0, 0.1) is 6.92 Å². The van der Waals surface area contributed by atoms with Crippen LogP contribution >= 0.6 is 0 Å². The van der Waals surface area contributed by atoms with E-state index in [1.54, 1.807) is 0 Å². The van der Waals surface area contributed by atoms with E-state index in [-0.39, 0.29) is 6.03 Å². The molecule has 1 fully saturated rings. The third-order valence-electron chi connectivity index (χ3n) is 4.42. The first-order valence-electron chi connectivity index (χ1n) is 8.33. The van der Waals surface area contributed by atoms with Crippen molar-refractivity contribution in [1.29, 1.82) is 0 Å². The molecule has 2 aliphatic rings. The molecule has 120 valence electrons. The van der Waals surface area contributed by atoms with Gasteiger partial charge in [0.05, 0.1) is 12.2 Å². The van der Waals surface area contributed by atoms with E-state index in [0.29, 0.717) is 13.1 Å². The van der Waals surface area contributed by atoms with E-state index < -0.39 is 0 Å². The van der Waals surface area contributed by atoms with Gasteiger partial charge in [-0.2, -0.15) is 0 Å². The van der Waals surface area contributed by atoms with Crippen molar-refractivity contribution < 1.29 is 4.79 Å². The van der Waals surface area contributed by atoms with Crippen molar-refractivity contribution in [3.05, 3.63) is 17.1 Å². The van der Waals surface area contributed by atoms with Gasteiger partial charge < -0.3 is 15.1 Å². The standard InChI is InChI=1S/C16H25N5O/c1-3-17-16(22)21-10-7-14-13(11-21)15(19-12(2)18-14)20-8-5-4-6-9-20/h3-11H2,1-2H3,(H,17,22). The molecule has 0 bridgehead atoms. The monoisotopic (exact) mass is 303 g/mol. The Kier molecular flexibility index (Phi) is 4.45. The summed E-state index contributed by atoms with van der Waals surface area (Å²) in [7, 11) is 0. The minimum absolute atomic E-state index is 0.0123. The first kappa shape index (κ1) is 15.1. The number of rotatable bonds is 2. The first-order chi connectivity index (χ1) is 10.7. The zero-order valence-electron chi connectivity index (χ0n) is 13.6. The van der Waals surface area contributed by atoms with Gasteiger partial charge in [-0.15, -0.1) is 0 Å². The Labute approximate surface area is 131 Å². The predicted molar refractivity (Wildman–Crippen MR) is 86.0 cm³/mol. The van der Waals surface area contributed by atoms with Gasteiger partial charge in [-0.05, 0) is 33.1 Å². The van der Waals surface area contributed by atoms with Gasteiger partial charge in [-0.25, -0.2) is 14.8 Å². The Balaban J connectivity index is 1.88. The van der Waals surface area contributed by atoms with Gasteiger partial charge in [0.25, 0.3) is 0 Å². The Morgan fingerprint density at radius 3 is 2.68 bits per heavy atom. The summed E-state index contributed by atoms with van der Waals surface area (Å²) in [6.07, 6.45) is 4.56. The third-order valence-corrected chi connectivity index (χ3v) is 4.42. The average Bonchev–Trinajstić information content (AvgIpc) is 2.54. The number of hydrogen-bond donors (Lipinski definition) is 1. The number of urea groups is 1. The zero-order valence-corrected chi connectivity index (χ0v) is 13.6. The number of anilines is 1. The smallest absolute Gasteiger partial charge is 0.317 e. The van der Waals surface area contributed by atoms with Gasteiger partial charge in [0.2, 0.25) is 0 Å². The number of carbonyl (C=O) groups is 1. The number of carbonyl (C=O) groups excluding carboxylic acids is 1. The second-order valence-electron chi connectivity index (χ2n) is 6.07. The van der Waals surface area contributed by atoms with Crippen LogP contribution in [0.15, 0.2) is 0 Å². The SMILES string of the molecule is CCNC(=O)N1CCc2nc(C)nc(N3CCCCC3)c2C1. The molecule has 1 N–H and O–H groups in total. The molecule has 6 nitrogen and oxygen atoms in total. The molecule has 3 rings (SSSR count). The van der Waals surface area contributed by atoms with E-state index in [2.05, 4.69) is 15.2 Å². The Bertz CT molecular complexity index is 554. The highest BCUT2D eigenvalue weighted by atomic mass is 16.2. The molecule has 0 aliphatic carbocycles. The molecule has 2 aliphatic heterocycles. The molecule has 1 aromatic rings. The van der Waals surface area contributed by atoms with Crippen LogP contribution in [0.2, 0.25) is 0 Å². The largest absolute Gasteiger partial charge is 0.356 e. The molecule has 0 aromatic carbocycles. The van der Waals surface area contributed by atoms with Gasteiger partial charge in [0, 0.05) is 38.2 Å². The Morgan fingerprint density at radius 1 is 1.18 bits per heavy atom. The van der Waals surface area contributed by atoms with Crippen molar-refractivity contribution in [2.45, 2.75) is 46.1 Å². The Morgan fingerprint density at radius 2 is 1.95 bits per heavy atom. The normalized spacial score (nSPS) is 18.1. The molecule has 0 unspecified atom stereocenters. The third kappa shape index (κ3) is 3.00. The summed E-state index contributed by atoms with van der Waals surface area (Å²) < 4.78 is 0. The molecule has 22 heavy (non-hydrogen) atoms. The van der Waals surface area contributed by atoms with Crippen LogP contribution < -0.4 is 10.2 Å². The number of amides is 2. The van der Waals surface area contributed by atoms with Crippen LogP contribution in [-0.2, 0) is 13.0 Å². The number of hydrogen-bond acceptors (Lipinski definition) is 4. The predicted octanol–water partition coefficient (Wildman–Crippen LogP) is 1.86. The molecule has 6 heteroatoms. The van der Waals surface area contributed by atoms with E-state index in [1.165, 1.54) is 19.3 Å². The molecule has 2 amide bonds. The molecule has 0 atom stereocenters. The van der Waals surface area contributed by atoms with Gasteiger partial charge in [-0.3, -0.25) is 0 Å². The van der Waals surface area contributed by atoms with Crippen LogP contribution in [0.3, 0.4) is 0 Å².